The van der Waals surface area contributed by atoms with Gasteiger partial charge >= 0.3 is 0 Å². The highest BCUT2D eigenvalue weighted by molar-refractivity contribution is 6.31. The van der Waals surface area contributed by atoms with Crippen LogP contribution in [0.2, 0.25) is 5.02 Å². The van der Waals surface area contributed by atoms with E-state index in [0.717, 1.165) is 5.69 Å². The molecule has 0 aliphatic carbocycles. The first-order valence-electron chi connectivity index (χ1n) is 6.09. The van der Waals surface area contributed by atoms with Crippen LogP contribution in [0.15, 0.2) is 48.5 Å². The molecule has 0 saturated carbocycles. The van der Waals surface area contributed by atoms with E-state index in [1.54, 1.807) is 0 Å². The minimum Gasteiger partial charge on any atom is -0.376 e. The van der Waals surface area contributed by atoms with Crippen molar-refractivity contribution in [2.24, 2.45) is 0 Å². The summed E-state index contributed by atoms with van der Waals surface area (Å²) < 4.78 is 0. The van der Waals surface area contributed by atoms with E-state index in [0.29, 0.717) is 0 Å². The van der Waals surface area contributed by atoms with Gasteiger partial charge in [0.2, 0.25) is 5.91 Å². The van der Waals surface area contributed by atoms with Crippen molar-refractivity contribution in [3.05, 3.63) is 63.7 Å². The molecule has 1 amide bonds. The van der Waals surface area contributed by atoms with Gasteiger partial charge in [-0.25, -0.2) is 0 Å². The van der Waals surface area contributed by atoms with Crippen molar-refractivity contribution in [2.75, 3.05) is 17.2 Å². The van der Waals surface area contributed by atoms with E-state index < -0.39 is 4.92 Å². The third-order valence-electron chi connectivity index (χ3n) is 2.66. The summed E-state index contributed by atoms with van der Waals surface area (Å²) in [5.74, 6) is -0.385. The van der Waals surface area contributed by atoms with E-state index in [4.69, 9.17) is 11.6 Å². The highest BCUT2D eigenvalue weighted by Gasteiger charge is 2.16. The molecule has 0 unspecified atom stereocenters. The van der Waals surface area contributed by atoms with Crippen molar-refractivity contribution < 1.29 is 9.72 Å². The lowest BCUT2D eigenvalue weighted by atomic mass is 10.2. The van der Waals surface area contributed by atoms with Crippen LogP contribution in [-0.2, 0) is 4.79 Å². The Bertz CT molecular complexity index is 662. The van der Waals surface area contributed by atoms with Crippen LogP contribution in [0.5, 0.6) is 0 Å². The van der Waals surface area contributed by atoms with Crippen LogP contribution in [0.4, 0.5) is 17.1 Å². The SMILES string of the molecule is O=C(CNc1ccccc1)Nc1ccc(Cl)cc1[N+](=O)[O-]. The zero-order valence-corrected chi connectivity index (χ0v) is 11.6. The normalized spacial score (nSPS) is 9.95. The molecule has 2 rings (SSSR count). The van der Waals surface area contributed by atoms with E-state index >= 15 is 0 Å². The number of carbonyl (C=O) groups excluding carboxylic acids is 1. The first kappa shape index (κ1) is 14.8. The molecule has 0 heterocycles. The average molecular weight is 306 g/mol. The highest BCUT2D eigenvalue weighted by Crippen LogP contribution is 2.27. The summed E-state index contributed by atoms with van der Waals surface area (Å²) in [5.41, 5.74) is 0.665. The molecule has 0 saturated heterocycles. The number of hydrogen-bond donors (Lipinski definition) is 2. The second-order valence-corrected chi connectivity index (χ2v) is 4.62. The summed E-state index contributed by atoms with van der Waals surface area (Å²) in [6.45, 7) is 0.00376. The number of para-hydroxylation sites is 1. The molecule has 2 aromatic carbocycles. The van der Waals surface area contributed by atoms with Crippen molar-refractivity contribution >= 4 is 34.6 Å². The topological polar surface area (TPSA) is 84.3 Å². The predicted molar refractivity (Wildman–Crippen MR) is 81.7 cm³/mol. The van der Waals surface area contributed by atoms with Crippen molar-refractivity contribution in [1.82, 2.24) is 0 Å². The fourth-order valence-corrected chi connectivity index (χ4v) is 1.86. The van der Waals surface area contributed by atoms with Crippen LogP contribution in [-0.4, -0.2) is 17.4 Å². The molecular weight excluding hydrogens is 294 g/mol. The number of nitrogens with one attached hydrogen (secondary N) is 2. The number of hydrogen-bond acceptors (Lipinski definition) is 4. The minimum atomic E-state index is -0.591. The Hall–Kier alpha value is -2.60. The van der Waals surface area contributed by atoms with Gasteiger partial charge in [-0.05, 0) is 24.3 Å². The first-order chi connectivity index (χ1) is 10.1. The molecule has 0 fully saturated rings. The third-order valence-corrected chi connectivity index (χ3v) is 2.89. The van der Waals surface area contributed by atoms with E-state index in [1.807, 2.05) is 30.3 Å². The van der Waals surface area contributed by atoms with Gasteiger partial charge in [0, 0.05) is 16.8 Å². The fourth-order valence-electron chi connectivity index (χ4n) is 1.69. The standard InChI is InChI=1S/C14H12ClN3O3/c15-10-6-7-12(13(8-10)18(20)21)17-14(19)9-16-11-4-2-1-3-5-11/h1-8,16H,9H2,(H,17,19). The van der Waals surface area contributed by atoms with Crippen LogP contribution in [0.25, 0.3) is 0 Å². The number of rotatable bonds is 5. The van der Waals surface area contributed by atoms with Gasteiger partial charge in [-0.15, -0.1) is 0 Å². The molecule has 0 aliphatic rings. The molecular formula is C14H12ClN3O3. The number of anilines is 2. The molecule has 0 radical (unpaired) electrons. The maximum Gasteiger partial charge on any atom is 0.294 e. The van der Waals surface area contributed by atoms with Gasteiger partial charge in [0.1, 0.15) is 5.69 Å². The van der Waals surface area contributed by atoms with Crippen LogP contribution < -0.4 is 10.6 Å². The first-order valence-corrected chi connectivity index (χ1v) is 6.47. The molecule has 2 N–H and O–H groups in total. The summed E-state index contributed by atoms with van der Waals surface area (Å²) in [7, 11) is 0. The Morgan fingerprint density at radius 3 is 2.57 bits per heavy atom. The number of nitrogens with zero attached hydrogens (tertiary/aromatic N) is 1. The second kappa shape index (κ2) is 6.71. The monoisotopic (exact) mass is 305 g/mol. The molecule has 0 aromatic heterocycles. The number of carbonyl (C=O) groups is 1. The van der Waals surface area contributed by atoms with Crippen molar-refractivity contribution in [2.45, 2.75) is 0 Å². The molecule has 6 nitrogen and oxygen atoms in total. The Kier molecular flexibility index (Phi) is 4.73. The van der Waals surface area contributed by atoms with Crippen LogP contribution >= 0.6 is 11.6 Å². The van der Waals surface area contributed by atoms with E-state index in [1.165, 1.54) is 18.2 Å². The summed E-state index contributed by atoms with van der Waals surface area (Å²) in [4.78, 5) is 22.1. The van der Waals surface area contributed by atoms with Gasteiger partial charge in [-0.3, -0.25) is 14.9 Å². The molecule has 0 aliphatic heterocycles. The second-order valence-electron chi connectivity index (χ2n) is 4.19. The average Bonchev–Trinajstić information content (AvgIpc) is 2.48. The lowest BCUT2D eigenvalue weighted by Crippen LogP contribution is -2.22. The fraction of sp³-hybridized carbons (Fsp3) is 0.0714. The lowest BCUT2D eigenvalue weighted by molar-refractivity contribution is -0.383. The number of halogens is 1. The lowest BCUT2D eigenvalue weighted by Gasteiger charge is -2.08. The summed E-state index contributed by atoms with van der Waals surface area (Å²) in [6, 6.07) is 13.3. The maximum atomic E-state index is 11.8. The van der Waals surface area contributed by atoms with Gasteiger partial charge in [0.25, 0.3) is 5.69 Å². The van der Waals surface area contributed by atoms with E-state index in [-0.39, 0.29) is 28.8 Å². The zero-order valence-electron chi connectivity index (χ0n) is 10.9. The number of nitro benzene ring substituents is 1. The maximum absolute atomic E-state index is 11.8. The van der Waals surface area contributed by atoms with Gasteiger partial charge in [-0.1, -0.05) is 29.8 Å². The molecule has 21 heavy (non-hydrogen) atoms. The van der Waals surface area contributed by atoms with E-state index in [9.17, 15) is 14.9 Å². The zero-order chi connectivity index (χ0) is 15.2. The molecule has 108 valence electrons. The summed E-state index contributed by atoms with van der Waals surface area (Å²) >= 11 is 5.71. The van der Waals surface area contributed by atoms with Gasteiger partial charge < -0.3 is 10.6 Å². The highest BCUT2D eigenvalue weighted by atomic mass is 35.5. The Morgan fingerprint density at radius 2 is 1.90 bits per heavy atom. The smallest absolute Gasteiger partial charge is 0.294 e. The number of benzene rings is 2. The Labute approximate surface area is 125 Å². The van der Waals surface area contributed by atoms with E-state index in [2.05, 4.69) is 10.6 Å². The molecule has 2 aromatic rings. The van der Waals surface area contributed by atoms with Gasteiger partial charge in [0.05, 0.1) is 11.5 Å². The third kappa shape index (κ3) is 4.19. The van der Waals surface area contributed by atoms with Gasteiger partial charge in [0.15, 0.2) is 0 Å². The van der Waals surface area contributed by atoms with Crippen LogP contribution in [0.3, 0.4) is 0 Å². The number of nitro groups is 1. The molecule has 0 bridgehead atoms. The molecule has 0 spiro atoms. The van der Waals surface area contributed by atoms with Crippen LogP contribution in [0.1, 0.15) is 0 Å². The minimum absolute atomic E-state index is 0.00376. The van der Waals surface area contributed by atoms with Crippen molar-refractivity contribution in [3.63, 3.8) is 0 Å². The predicted octanol–water partition coefficient (Wildman–Crippen LogP) is 3.30. The molecule has 7 heteroatoms. The van der Waals surface area contributed by atoms with Crippen molar-refractivity contribution in [1.29, 1.82) is 0 Å². The summed E-state index contributed by atoms with van der Waals surface area (Å²) in [6.07, 6.45) is 0. The number of amides is 1. The van der Waals surface area contributed by atoms with Crippen molar-refractivity contribution in [3.8, 4) is 0 Å². The quantitative estimate of drug-likeness (QED) is 0.655. The Morgan fingerprint density at radius 1 is 1.19 bits per heavy atom. The largest absolute Gasteiger partial charge is 0.376 e. The van der Waals surface area contributed by atoms with Crippen LogP contribution in [0, 0.1) is 10.1 Å². The Balaban J connectivity index is 2.01. The molecule has 0 atom stereocenters. The van der Waals surface area contributed by atoms with Gasteiger partial charge in [-0.2, -0.15) is 0 Å². The summed E-state index contributed by atoms with van der Waals surface area (Å²) in [5, 5.41) is 16.6.